The normalized spacial score (nSPS) is 10.3. The quantitative estimate of drug-likeness (QED) is 0.447. The van der Waals surface area contributed by atoms with Crippen molar-refractivity contribution in [3.8, 4) is 11.5 Å². The lowest BCUT2D eigenvalue weighted by Crippen LogP contribution is -2.31. The Kier molecular flexibility index (Phi) is 6.03. The van der Waals surface area contributed by atoms with E-state index in [2.05, 4.69) is 4.98 Å². The summed E-state index contributed by atoms with van der Waals surface area (Å²) in [6.45, 7) is 0.197. The Labute approximate surface area is 167 Å². The lowest BCUT2D eigenvalue weighted by molar-refractivity contribution is -0.385. The Hall–Kier alpha value is -3.94. The Balaban J connectivity index is 2.11. The molecule has 148 valence electrons. The van der Waals surface area contributed by atoms with E-state index in [-0.39, 0.29) is 29.3 Å². The van der Waals surface area contributed by atoms with E-state index in [1.54, 1.807) is 24.4 Å². The number of benzene rings is 2. The molecule has 0 saturated heterocycles. The highest BCUT2D eigenvalue weighted by Crippen LogP contribution is 2.35. The topological polar surface area (TPSA) is 94.8 Å². The van der Waals surface area contributed by atoms with Crippen LogP contribution in [0, 0.1) is 10.1 Å². The molecule has 1 heterocycles. The van der Waals surface area contributed by atoms with Gasteiger partial charge in [0.05, 0.1) is 31.8 Å². The molecular weight excluding hydrogens is 374 g/mol. The zero-order valence-corrected chi connectivity index (χ0v) is 15.9. The molecule has 0 radical (unpaired) electrons. The third-order valence-electron chi connectivity index (χ3n) is 4.28. The lowest BCUT2D eigenvalue weighted by atomic mass is 10.1. The number of hydrogen-bond donors (Lipinski definition) is 0. The molecule has 2 aromatic carbocycles. The summed E-state index contributed by atoms with van der Waals surface area (Å²) in [5.41, 5.74) is 0.366. The summed E-state index contributed by atoms with van der Waals surface area (Å²) in [6.07, 6.45) is 1.56. The number of nitro benzene ring substituents is 1. The standard InChI is InChI=1S/C21H19N3O5/c1-28-18-12-16(17(24(26)27)13-19(18)29-2)21(25)23(20-10-6-7-11-22-20)14-15-8-4-3-5-9-15/h3-13H,14H2,1-2H3. The molecular formula is C21H19N3O5. The molecule has 0 aliphatic heterocycles. The molecule has 0 atom stereocenters. The number of ether oxygens (including phenoxy) is 2. The van der Waals surface area contributed by atoms with Gasteiger partial charge in [0.15, 0.2) is 11.5 Å². The number of anilines is 1. The highest BCUT2D eigenvalue weighted by molar-refractivity contribution is 6.08. The molecule has 3 rings (SSSR count). The van der Waals surface area contributed by atoms with Crippen LogP contribution in [0.5, 0.6) is 11.5 Å². The molecule has 0 N–H and O–H groups in total. The minimum Gasteiger partial charge on any atom is -0.493 e. The zero-order valence-electron chi connectivity index (χ0n) is 15.9. The van der Waals surface area contributed by atoms with E-state index in [1.165, 1.54) is 31.3 Å². The Morgan fingerprint density at radius 1 is 1.03 bits per heavy atom. The molecule has 0 aliphatic carbocycles. The van der Waals surface area contributed by atoms with Crippen molar-refractivity contribution in [2.75, 3.05) is 19.1 Å². The Morgan fingerprint density at radius 3 is 2.28 bits per heavy atom. The molecule has 0 saturated carbocycles. The minimum absolute atomic E-state index is 0.116. The van der Waals surface area contributed by atoms with Gasteiger partial charge in [-0.3, -0.25) is 19.8 Å². The van der Waals surface area contributed by atoms with Gasteiger partial charge >= 0.3 is 0 Å². The van der Waals surface area contributed by atoms with E-state index >= 15 is 0 Å². The van der Waals surface area contributed by atoms with Crippen LogP contribution in [0.1, 0.15) is 15.9 Å². The maximum absolute atomic E-state index is 13.4. The molecule has 0 fully saturated rings. The maximum atomic E-state index is 13.4. The Bertz CT molecular complexity index is 1010. The van der Waals surface area contributed by atoms with Gasteiger partial charge in [0.25, 0.3) is 11.6 Å². The third-order valence-corrected chi connectivity index (χ3v) is 4.28. The number of hydrogen-bond acceptors (Lipinski definition) is 6. The summed E-state index contributed by atoms with van der Waals surface area (Å²) in [4.78, 5) is 30.1. The predicted octanol–water partition coefficient (Wildman–Crippen LogP) is 3.85. The fraction of sp³-hybridized carbons (Fsp3) is 0.143. The zero-order chi connectivity index (χ0) is 20.8. The summed E-state index contributed by atoms with van der Waals surface area (Å²) >= 11 is 0. The average Bonchev–Trinajstić information content (AvgIpc) is 2.77. The molecule has 0 bridgehead atoms. The average molecular weight is 393 g/mol. The first kappa shape index (κ1) is 19.8. The lowest BCUT2D eigenvalue weighted by Gasteiger charge is -2.22. The van der Waals surface area contributed by atoms with E-state index in [4.69, 9.17) is 9.47 Å². The monoisotopic (exact) mass is 393 g/mol. The molecule has 8 nitrogen and oxygen atoms in total. The van der Waals surface area contributed by atoms with Crippen molar-refractivity contribution < 1.29 is 19.2 Å². The number of methoxy groups -OCH3 is 2. The van der Waals surface area contributed by atoms with Gasteiger partial charge in [0.1, 0.15) is 11.4 Å². The van der Waals surface area contributed by atoms with Crippen LogP contribution in [-0.2, 0) is 6.54 Å². The molecule has 0 unspecified atom stereocenters. The number of amides is 1. The number of rotatable bonds is 7. The number of carbonyl (C=O) groups is 1. The van der Waals surface area contributed by atoms with E-state index in [0.717, 1.165) is 5.56 Å². The van der Waals surface area contributed by atoms with Gasteiger partial charge in [-0.1, -0.05) is 36.4 Å². The van der Waals surface area contributed by atoms with E-state index in [1.807, 2.05) is 30.3 Å². The second kappa shape index (κ2) is 8.83. The van der Waals surface area contributed by atoms with Gasteiger partial charge in [-0.05, 0) is 17.7 Å². The first-order valence-corrected chi connectivity index (χ1v) is 8.72. The molecule has 0 aliphatic rings. The fourth-order valence-electron chi connectivity index (χ4n) is 2.87. The summed E-state index contributed by atoms with van der Waals surface area (Å²) in [5.74, 6) is 0.205. The van der Waals surface area contributed by atoms with Crippen LogP contribution in [0.25, 0.3) is 0 Å². The highest BCUT2D eigenvalue weighted by atomic mass is 16.6. The van der Waals surface area contributed by atoms with Gasteiger partial charge in [0.2, 0.25) is 0 Å². The number of pyridine rings is 1. The van der Waals surface area contributed by atoms with Crippen LogP contribution in [0.2, 0.25) is 0 Å². The summed E-state index contributed by atoms with van der Waals surface area (Å²) in [5, 5.41) is 11.6. The minimum atomic E-state index is -0.617. The third kappa shape index (κ3) is 4.32. The van der Waals surface area contributed by atoms with Crippen molar-refractivity contribution in [1.82, 2.24) is 4.98 Å². The number of nitrogens with zero attached hydrogens (tertiary/aromatic N) is 3. The van der Waals surface area contributed by atoms with Crippen molar-refractivity contribution in [2.45, 2.75) is 6.54 Å². The molecule has 3 aromatic rings. The molecule has 1 amide bonds. The molecule has 29 heavy (non-hydrogen) atoms. The van der Waals surface area contributed by atoms with Gasteiger partial charge in [-0.2, -0.15) is 0 Å². The van der Waals surface area contributed by atoms with Gasteiger partial charge < -0.3 is 9.47 Å². The van der Waals surface area contributed by atoms with Crippen LogP contribution in [-0.4, -0.2) is 30.0 Å². The van der Waals surface area contributed by atoms with Crippen molar-refractivity contribution >= 4 is 17.4 Å². The van der Waals surface area contributed by atoms with Gasteiger partial charge in [-0.25, -0.2) is 4.98 Å². The number of nitro groups is 1. The van der Waals surface area contributed by atoms with Crippen molar-refractivity contribution in [3.05, 3.63) is 88.1 Å². The SMILES string of the molecule is COc1cc(C(=O)N(Cc2ccccc2)c2ccccn2)c([N+](=O)[O-])cc1OC. The summed E-state index contributed by atoms with van der Waals surface area (Å²) < 4.78 is 10.4. The Morgan fingerprint density at radius 2 is 1.69 bits per heavy atom. The van der Waals surface area contributed by atoms with Gasteiger partial charge in [0, 0.05) is 12.3 Å². The van der Waals surface area contributed by atoms with E-state index in [9.17, 15) is 14.9 Å². The maximum Gasteiger partial charge on any atom is 0.286 e. The van der Waals surface area contributed by atoms with Crippen molar-refractivity contribution in [1.29, 1.82) is 0 Å². The van der Waals surface area contributed by atoms with Crippen LogP contribution in [0.3, 0.4) is 0 Å². The van der Waals surface area contributed by atoms with Crippen molar-refractivity contribution in [3.63, 3.8) is 0 Å². The first-order chi connectivity index (χ1) is 14.0. The highest BCUT2D eigenvalue weighted by Gasteiger charge is 2.29. The van der Waals surface area contributed by atoms with E-state index < -0.39 is 10.8 Å². The molecule has 8 heteroatoms. The fourth-order valence-corrected chi connectivity index (χ4v) is 2.87. The smallest absolute Gasteiger partial charge is 0.286 e. The first-order valence-electron chi connectivity index (χ1n) is 8.72. The van der Waals surface area contributed by atoms with Crippen LogP contribution in [0.4, 0.5) is 11.5 Å². The second-order valence-electron chi connectivity index (χ2n) is 6.05. The molecule has 1 aromatic heterocycles. The second-order valence-corrected chi connectivity index (χ2v) is 6.05. The van der Waals surface area contributed by atoms with E-state index in [0.29, 0.717) is 5.82 Å². The van der Waals surface area contributed by atoms with Crippen LogP contribution in [0.15, 0.2) is 66.9 Å². The summed E-state index contributed by atoms with van der Waals surface area (Å²) in [7, 11) is 2.77. The number of aromatic nitrogens is 1. The van der Waals surface area contributed by atoms with Crippen LogP contribution >= 0.6 is 0 Å². The summed E-state index contributed by atoms with van der Waals surface area (Å²) in [6, 6.07) is 17.0. The number of carbonyl (C=O) groups excluding carboxylic acids is 1. The molecule has 0 spiro atoms. The predicted molar refractivity (Wildman–Crippen MR) is 107 cm³/mol. The van der Waals surface area contributed by atoms with Crippen molar-refractivity contribution in [2.24, 2.45) is 0 Å². The largest absolute Gasteiger partial charge is 0.493 e. The van der Waals surface area contributed by atoms with Gasteiger partial charge in [-0.15, -0.1) is 0 Å². The van der Waals surface area contributed by atoms with Crippen LogP contribution < -0.4 is 14.4 Å².